The van der Waals surface area contributed by atoms with E-state index in [0.29, 0.717) is 0 Å². The van der Waals surface area contributed by atoms with E-state index in [-0.39, 0.29) is 5.12 Å². The summed E-state index contributed by atoms with van der Waals surface area (Å²) in [4.78, 5) is 12.4. The number of allylic oxidation sites excluding steroid dienone is 1. The summed E-state index contributed by atoms with van der Waals surface area (Å²) >= 11 is 7.23. The number of carbonyl (C=O) groups excluding carboxylic acids is 1. The Morgan fingerprint density at radius 1 is 1.50 bits per heavy atom. The van der Waals surface area contributed by atoms with E-state index in [9.17, 15) is 4.79 Å². The number of thioether (sulfide) groups is 4. The summed E-state index contributed by atoms with van der Waals surface area (Å²) in [6.45, 7) is 3.45. The van der Waals surface area contributed by atoms with Gasteiger partial charge in [0, 0.05) is 10.8 Å². The largest absolute Gasteiger partial charge is 0.282 e. The summed E-state index contributed by atoms with van der Waals surface area (Å²) in [5, 5.41) is 3.57. The molecule has 0 aromatic carbocycles. The summed E-state index contributed by atoms with van der Waals surface area (Å²) in [5.41, 5.74) is 0. The number of carbonyl (C=O) groups is 1. The van der Waals surface area contributed by atoms with Crippen molar-refractivity contribution in [2.45, 2.75) is 12.8 Å². The van der Waals surface area contributed by atoms with E-state index in [0.717, 1.165) is 17.9 Å². The minimum Gasteiger partial charge on any atom is -0.282 e. The first kappa shape index (κ1) is 14.6. The third-order valence-corrected chi connectivity index (χ3v) is 6.19. The highest BCUT2D eigenvalue weighted by Crippen LogP contribution is 2.34. The second kappa shape index (κ2) is 9.57. The smallest absolute Gasteiger partial charge is 0.211 e. The molecular weight excluding hydrogens is 276 g/mol. The van der Waals surface area contributed by atoms with Gasteiger partial charge in [0.05, 0.1) is 0 Å². The lowest BCUT2D eigenvalue weighted by molar-refractivity contribution is -0.107. The van der Waals surface area contributed by atoms with Crippen molar-refractivity contribution in [3.8, 4) is 0 Å². The maximum Gasteiger partial charge on any atom is 0.211 e. The average Bonchev–Trinajstić information content (AvgIpc) is 2.80. The van der Waals surface area contributed by atoms with Gasteiger partial charge in [-0.15, -0.1) is 23.5 Å². The molecule has 16 heavy (non-hydrogen) atoms. The zero-order valence-electron chi connectivity index (χ0n) is 9.15. The molecule has 0 saturated heterocycles. The highest BCUT2D eigenvalue weighted by atomic mass is 32.2. The van der Waals surface area contributed by atoms with Gasteiger partial charge >= 0.3 is 0 Å². The fourth-order valence-electron chi connectivity index (χ4n) is 1.07. The van der Waals surface area contributed by atoms with Gasteiger partial charge in [-0.2, -0.15) is 11.8 Å². The molecule has 90 valence electrons. The zero-order valence-corrected chi connectivity index (χ0v) is 12.4. The first-order chi connectivity index (χ1) is 7.83. The standard InChI is InChI=1S/C11H16OS4/c1-2-11(12)15-6-3-5-13-7-4-10-8-14-9-16-10/h2,8H,1,3-7,9H2. The van der Waals surface area contributed by atoms with Crippen molar-refractivity contribution >= 4 is 52.2 Å². The fourth-order valence-corrected chi connectivity index (χ4v) is 5.08. The fraction of sp³-hybridized carbons (Fsp3) is 0.545. The van der Waals surface area contributed by atoms with E-state index >= 15 is 0 Å². The highest BCUT2D eigenvalue weighted by Gasteiger charge is 2.04. The third-order valence-electron chi connectivity index (χ3n) is 1.86. The Bertz CT molecular complexity index is 263. The maximum atomic E-state index is 10.9. The molecule has 0 aromatic heterocycles. The summed E-state index contributed by atoms with van der Waals surface area (Å²) < 4.78 is 0. The molecule has 0 bridgehead atoms. The molecule has 5 heteroatoms. The van der Waals surface area contributed by atoms with Crippen molar-refractivity contribution in [3.63, 3.8) is 0 Å². The Balaban J connectivity index is 1.84. The Morgan fingerprint density at radius 3 is 3.06 bits per heavy atom. The molecule has 1 aliphatic rings. The van der Waals surface area contributed by atoms with Crippen molar-refractivity contribution in [3.05, 3.63) is 23.0 Å². The van der Waals surface area contributed by atoms with Gasteiger partial charge in [0.1, 0.15) is 0 Å². The van der Waals surface area contributed by atoms with Gasteiger partial charge in [-0.1, -0.05) is 18.3 Å². The monoisotopic (exact) mass is 292 g/mol. The second-order valence-electron chi connectivity index (χ2n) is 3.10. The Labute approximate surface area is 115 Å². The minimum atomic E-state index is 0.0922. The van der Waals surface area contributed by atoms with Gasteiger partial charge in [0.2, 0.25) is 5.12 Å². The lowest BCUT2D eigenvalue weighted by Gasteiger charge is -2.01. The van der Waals surface area contributed by atoms with Crippen LogP contribution in [-0.4, -0.2) is 27.5 Å². The summed E-state index contributed by atoms with van der Waals surface area (Å²) in [6.07, 6.45) is 3.70. The molecule has 0 unspecified atom stereocenters. The first-order valence-electron chi connectivity index (χ1n) is 5.13. The van der Waals surface area contributed by atoms with Crippen molar-refractivity contribution < 1.29 is 4.79 Å². The number of rotatable bonds is 8. The Kier molecular flexibility index (Phi) is 8.74. The van der Waals surface area contributed by atoms with E-state index in [4.69, 9.17) is 0 Å². The maximum absolute atomic E-state index is 10.9. The minimum absolute atomic E-state index is 0.0922. The van der Waals surface area contributed by atoms with Gasteiger partial charge in [-0.25, -0.2) is 0 Å². The van der Waals surface area contributed by atoms with Crippen LogP contribution < -0.4 is 0 Å². The van der Waals surface area contributed by atoms with Crippen LogP contribution in [0.5, 0.6) is 0 Å². The van der Waals surface area contributed by atoms with Crippen molar-refractivity contribution in [1.82, 2.24) is 0 Å². The molecule has 0 atom stereocenters. The Hall–Kier alpha value is 0.550. The molecule has 0 amide bonds. The average molecular weight is 293 g/mol. The molecule has 0 aromatic rings. The molecule has 0 saturated carbocycles. The van der Waals surface area contributed by atoms with Crippen molar-refractivity contribution in [2.75, 3.05) is 22.3 Å². The second-order valence-corrected chi connectivity index (χ2v) is 7.75. The van der Waals surface area contributed by atoms with Crippen LogP contribution in [0.3, 0.4) is 0 Å². The van der Waals surface area contributed by atoms with Crippen LogP contribution in [0.25, 0.3) is 0 Å². The first-order valence-corrected chi connectivity index (χ1v) is 9.31. The molecular formula is C11H16OS4. The van der Waals surface area contributed by atoms with E-state index in [2.05, 4.69) is 12.0 Å². The van der Waals surface area contributed by atoms with Crippen LogP contribution in [0.15, 0.2) is 23.0 Å². The predicted octanol–water partition coefficient (Wildman–Crippen LogP) is 4.22. The van der Waals surface area contributed by atoms with Crippen LogP contribution in [-0.2, 0) is 4.79 Å². The normalized spacial score (nSPS) is 14.9. The van der Waals surface area contributed by atoms with Gasteiger partial charge in [0.15, 0.2) is 0 Å². The highest BCUT2D eigenvalue weighted by molar-refractivity contribution is 8.22. The summed E-state index contributed by atoms with van der Waals surface area (Å²) in [7, 11) is 0. The molecule has 0 spiro atoms. The van der Waals surface area contributed by atoms with Crippen molar-refractivity contribution in [1.29, 1.82) is 0 Å². The van der Waals surface area contributed by atoms with Crippen molar-refractivity contribution in [2.24, 2.45) is 0 Å². The molecule has 0 radical (unpaired) electrons. The molecule has 1 nitrogen and oxygen atoms in total. The van der Waals surface area contributed by atoms with E-state index < -0.39 is 0 Å². The van der Waals surface area contributed by atoms with Gasteiger partial charge in [-0.05, 0) is 40.7 Å². The van der Waals surface area contributed by atoms with Gasteiger partial charge in [0.25, 0.3) is 0 Å². The lowest BCUT2D eigenvalue weighted by Crippen LogP contribution is -1.91. The molecule has 0 aliphatic carbocycles. The van der Waals surface area contributed by atoms with Crippen LogP contribution >= 0.6 is 47.0 Å². The van der Waals surface area contributed by atoms with Crippen LogP contribution in [0, 0.1) is 0 Å². The van der Waals surface area contributed by atoms with E-state index in [1.165, 1.54) is 40.0 Å². The molecule has 1 aliphatic heterocycles. The van der Waals surface area contributed by atoms with Gasteiger partial charge in [-0.3, -0.25) is 4.79 Å². The molecule has 1 rings (SSSR count). The number of hydrogen-bond acceptors (Lipinski definition) is 5. The SMILES string of the molecule is C=CC(=O)SCCCSCCC1=CSCS1. The molecule has 0 N–H and O–H groups in total. The molecule has 1 heterocycles. The summed E-state index contributed by atoms with van der Waals surface area (Å²) in [5.74, 6) is 3.28. The van der Waals surface area contributed by atoms with E-state index in [1.807, 2.05) is 35.3 Å². The predicted molar refractivity (Wildman–Crippen MR) is 82.4 cm³/mol. The third kappa shape index (κ3) is 6.99. The van der Waals surface area contributed by atoms with Gasteiger partial charge < -0.3 is 0 Å². The zero-order chi connectivity index (χ0) is 11.6. The number of hydrogen-bond donors (Lipinski definition) is 0. The molecule has 0 fully saturated rings. The Morgan fingerprint density at radius 2 is 2.38 bits per heavy atom. The topological polar surface area (TPSA) is 17.1 Å². The van der Waals surface area contributed by atoms with E-state index in [1.54, 1.807) is 0 Å². The van der Waals surface area contributed by atoms with Crippen LogP contribution in [0.1, 0.15) is 12.8 Å². The van der Waals surface area contributed by atoms with Crippen LogP contribution in [0.4, 0.5) is 0 Å². The quantitative estimate of drug-likeness (QED) is 0.490. The van der Waals surface area contributed by atoms with Crippen LogP contribution in [0.2, 0.25) is 0 Å². The lowest BCUT2D eigenvalue weighted by atomic mass is 10.5. The summed E-state index contributed by atoms with van der Waals surface area (Å²) in [6, 6.07) is 0.